The van der Waals surface area contributed by atoms with Crippen LogP contribution in [0.4, 0.5) is 4.39 Å². The minimum Gasteiger partial charge on any atom is -0.475 e. The van der Waals surface area contributed by atoms with Gasteiger partial charge in [-0.05, 0) is 6.92 Å². The molecular formula is C9H12FNO4. The van der Waals surface area contributed by atoms with Crippen LogP contribution < -0.4 is 5.32 Å². The largest absolute Gasteiger partial charge is 0.475 e. The standard InChI is InChI=1S/C9H12FNO4/c1-3(7(12)9(14)15)6-5(4(2)10)8(13)11-6/h3-6H,1-2H3,(H,11,13)(H,14,15). The maximum absolute atomic E-state index is 13.0. The number of carbonyl (C=O) groups is 3. The molecule has 5 nitrogen and oxygen atoms in total. The Hall–Kier alpha value is -1.46. The SMILES string of the molecule is CC(F)C1C(=O)NC1C(C)C(=O)C(=O)O. The van der Waals surface area contributed by atoms with E-state index in [1.165, 1.54) is 13.8 Å². The van der Waals surface area contributed by atoms with Crippen LogP contribution in [0.3, 0.4) is 0 Å². The fourth-order valence-electron chi connectivity index (χ4n) is 1.71. The zero-order valence-corrected chi connectivity index (χ0v) is 8.36. The highest BCUT2D eigenvalue weighted by Gasteiger charge is 2.48. The van der Waals surface area contributed by atoms with Crippen LogP contribution in [0.25, 0.3) is 0 Å². The molecule has 4 unspecified atom stereocenters. The lowest BCUT2D eigenvalue weighted by Gasteiger charge is -2.40. The third-order valence-corrected chi connectivity index (χ3v) is 2.66. The Kier molecular flexibility index (Phi) is 3.06. The van der Waals surface area contributed by atoms with E-state index in [9.17, 15) is 18.8 Å². The van der Waals surface area contributed by atoms with Gasteiger partial charge in [-0.3, -0.25) is 9.59 Å². The first-order chi connectivity index (χ1) is 6.86. The zero-order valence-electron chi connectivity index (χ0n) is 8.36. The van der Waals surface area contributed by atoms with Crippen molar-refractivity contribution < 1.29 is 23.9 Å². The Morgan fingerprint density at radius 3 is 2.33 bits per heavy atom. The van der Waals surface area contributed by atoms with Crippen LogP contribution in [0.5, 0.6) is 0 Å². The van der Waals surface area contributed by atoms with E-state index < -0.39 is 41.7 Å². The number of rotatable bonds is 4. The molecule has 0 aromatic rings. The van der Waals surface area contributed by atoms with E-state index in [-0.39, 0.29) is 0 Å². The molecule has 0 aromatic heterocycles. The molecule has 1 heterocycles. The molecule has 6 heteroatoms. The minimum atomic E-state index is -1.56. The third kappa shape index (κ3) is 1.98. The molecule has 0 aliphatic carbocycles. The monoisotopic (exact) mass is 217 g/mol. The van der Waals surface area contributed by atoms with Crippen molar-refractivity contribution in [3.8, 4) is 0 Å². The third-order valence-electron chi connectivity index (χ3n) is 2.66. The average molecular weight is 217 g/mol. The van der Waals surface area contributed by atoms with Crippen molar-refractivity contribution >= 4 is 17.7 Å². The predicted octanol–water partition coefficient (Wildman–Crippen LogP) is -0.251. The van der Waals surface area contributed by atoms with E-state index in [1.807, 2.05) is 0 Å². The number of carboxylic acid groups (broad SMARTS) is 1. The number of carbonyl (C=O) groups excluding carboxylic acids is 2. The summed E-state index contributed by atoms with van der Waals surface area (Å²) in [6.45, 7) is 2.59. The summed E-state index contributed by atoms with van der Waals surface area (Å²) in [6, 6.07) is -0.707. The highest BCUT2D eigenvalue weighted by molar-refractivity contribution is 6.33. The molecule has 1 aliphatic heterocycles. The highest BCUT2D eigenvalue weighted by Crippen LogP contribution is 2.27. The molecule has 0 aromatic carbocycles. The first-order valence-corrected chi connectivity index (χ1v) is 4.57. The van der Waals surface area contributed by atoms with Crippen molar-refractivity contribution in [3.05, 3.63) is 0 Å². The van der Waals surface area contributed by atoms with E-state index in [0.29, 0.717) is 0 Å². The molecule has 1 fully saturated rings. The number of alkyl halides is 1. The number of Topliss-reactive ketones (excluding diaryl/α,β-unsaturated/α-hetero) is 1. The van der Waals surface area contributed by atoms with Crippen molar-refractivity contribution in [2.45, 2.75) is 26.1 Å². The summed E-state index contributed by atoms with van der Waals surface area (Å²) in [7, 11) is 0. The maximum Gasteiger partial charge on any atom is 0.372 e. The lowest BCUT2D eigenvalue weighted by Crippen LogP contribution is -2.65. The van der Waals surface area contributed by atoms with Gasteiger partial charge in [0.05, 0.1) is 12.0 Å². The van der Waals surface area contributed by atoms with Gasteiger partial charge in [0, 0.05) is 5.92 Å². The second-order valence-corrected chi connectivity index (χ2v) is 3.70. The topological polar surface area (TPSA) is 83.5 Å². The van der Waals surface area contributed by atoms with Crippen LogP contribution in [0.1, 0.15) is 13.8 Å². The summed E-state index contributed by atoms with van der Waals surface area (Å²) in [5, 5.41) is 10.8. The fourth-order valence-corrected chi connectivity index (χ4v) is 1.71. The van der Waals surface area contributed by atoms with Gasteiger partial charge >= 0.3 is 5.97 Å². The molecule has 1 aliphatic rings. The number of carboxylic acids is 1. The summed E-state index contributed by atoms with van der Waals surface area (Å²) in [4.78, 5) is 32.4. The molecular weight excluding hydrogens is 205 g/mol. The van der Waals surface area contributed by atoms with E-state index in [2.05, 4.69) is 5.32 Å². The number of hydrogen-bond acceptors (Lipinski definition) is 3. The van der Waals surface area contributed by atoms with Gasteiger partial charge in [-0.15, -0.1) is 0 Å². The molecule has 1 rings (SSSR count). The van der Waals surface area contributed by atoms with Crippen LogP contribution in [0.15, 0.2) is 0 Å². The van der Waals surface area contributed by atoms with Gasteiger partial charge in [-0.1, -0.05) is 6.92 Å². The van der Waals surface area contributed by atoms with Crippen molar-refractivity contribution in [1.29, 1.82) is 0 Å². The first-order valence-electron chi connectivity index (χ1n) is 4.57. The van der Waals surface area contributed by atoms with Gasteiger partial charge in [-0.2, -0.15) is 0 Å². The molecule has 0 bridgehead atoms. The summed E-state index contributed by atoms with van der Waals surface area (Å²) in [5.41, 5.74) is 0. The minimum absolute atomic E-state index is 0.472. The van der Waals surface area contributed by atoms with Crippen LogP contribution in [-0.4, -0.2) is 35.0 Å². The van der Waals surface area contributed by atoms with E-state index in [4.69, 9.17) is 5.11 Å². The number of amides is 1. The van der Waals surface area contributed by atoms with Crippen molar-refractivity contribution in [2.75, 3.05) is 0 Å². The molecule has 2 N–H and O–H groups in total. The quantitative estimate of drug-likeness (QED) is 0.502. The van der Waals surface area contributed by atoms with Crippen LogP contribution >= 0.6 is 0 Å². The van der Waals surface area contributed by atoms with Crippen molar-refractivity contribution in [1.82, 2.24) is 5.32 Å². The summed E-state index contributed by atoms with van der Waals surface area (Å²) >= 11 is 0. The highest BCUT2D eigenvalue weighted by atomic mass is 19.1. The van der Waals surface area contributed by atoms with Gasteiger partial charge in [0.1, 0.15) is 6.17 Å². The number of aliphatic carboxylic acids is 1. The molecule has 4 atom stereocenters. The summed E-state index contributed by atoms with van der Waals surface area (Å²) < 4.78 is 13.0. The lowest BCUT2D eigenvalue weighted by atomic mass is 9.78. The van der Waals surface area contributed by atoms with Crippen LogP contribution in [0.2, 0.25) is 0 Å². The number of hydrogen-bond donors (Lipinski definition) is 2. The molecule has 1 amide bonds. The Morgan fingerprint density at radius 2 is 2.00 bits per heavy atom. The van der Waals surface area contributed by atoms with Gasteiger partial charge in [0.15, 0.2) is 0 Å². The molecule has 0 saturated carbocycles. The Bertz CT molecular complexity index is 315. The maximum atomic E-state index is 13.0. The van der Waals surface area contributed by atoms with Crippen LogP contribution in [0, 0.1) is 11.8 Å². The van der Waals surface area contributed by atoms with Gasteiger partial charge in [-0.25, -0.2) is 9.18 Å². The second-order valence-electron chi connectivity index (χ2n) is 3.70. The number of ketones is 1. The Labute approximate surface area is 85.6 Å². The Morgan fingerprint density at radius 1 is 1.47 bits per heavy atom. The number of halogens is 1. The number of β-lactam (4-membered cyclic amide) rings is 1. The molecule has 0 radical (unpaired) electrons. The van der Waals surface area contributed by atoms with Gasteiger partial charge < -0.3 is 10.4 Å². The van der Waals surface area contributed by atoms with E-state index >= 15 is 0 Å². The van der Waals surface area contributed by atoms with Gasteiger partial charge in [0.2, 0.25) is 11.7 Å². The molecule has 1 saturated heterocycles. The normalized spacial score (nSPS) is 28.6. The van der Waals surface area contributed by atoms with Crippen molar-refractivity contribution in [3.63, 3.8) is 0 Å². The van der Waals surface area contributed by atoms with E-state index in [0.717, 1.165) is 0 Å². The lowest BCUT2D eigenvalue weighted by molar-refractivity contribution is -0.154. The molecule has 84 valence electrons. The Balaban J connectivity index is 2.70. The summed E-state index contributed by atoms with van der Waals surface area (Å²) in [5.74, 6) is -4.86. The predicted molar refractivity (Wildman–Crippen MR) is 47.8 cm³/mol. The van der Waals surface area contributed by atoms with E-state index in [1.54, 1.807) is 0 Å². The van der Waals surface area contributed by atoms with Gasteiger partial charge in [0.25, 0.3) is 0 Å². The molecule has 0 spiro atoms. The smallest absolute Gasteiger partial charge is 0.372 e. The zero-order chi connectivity index (χ0) is 11.7. The first kappa shape index (κ1) is 11.6. The van der Waals surface area contributed by atoms with Crippen molar-refractivity contribution in [2.24, 2.45) is 11.8 Å². The average Bonchev–Trinajstić information content (AvgIpc) is 2.10. The summed E-state index contributed by atoms with van der Waals surface area (Å²) in [6.07, 6.45) is -1.38. The fraction of sp³-hybridized carbons (Fsp3) is 0.667. The number of nitrogens with one attached hydrogen (secondary N) is 1. The molecule has 15 heavy (non-hydrogen) atoms. The second kappa shape index (κ2) is 3.96. The van der Waals surface area contributed by atoms with Crippen LogP contribution in [-0.2, 0) is 14.4 Å².